The molecule has 8 aromatic rings. The summed E-state index contributed by atoms with van der Waals surface area (Å²) in [4.78, 5) is 0. The van der Waals surface area contributed by atoms with E-state index in [0.717, 1.165) is 36.1 Å². The van der Waals surface area contributed by atoms with Gasteiger partial charge in [-0.2, -0.15) is 9.13 Å². The first-order valence-corrected chi connectivity index (χ1v) is 20.7. The second kappa shape index (κ2) is 16.6. The molecule has 0 fully saturated rings. The smallest absolute Gasteiger partial charge is 0.213 e. The summed E-state index contributed by atoms with van der Waals surface area (Å²) in [5.41, 5.74) is 7.32. The molecule has 8 rings (SSSR count). The minimum atomic E-state index is 0.880. The van der Waals surface area contributed by atoms with Crippen LogP contribution in [0.4, 0.5) is 0 Å². The van der Waals surface area contributed by atoms with E-state index < -0.39 is 0 Å². The van der Waals surface area contributed by atoms with Crippen molar-refractivity contribution < 1.29 is 18.6 Å². The zero-order chi connectivity index (χ0) is 36.7. The number of ether oxygens (including phenoxy) is 2. The third-order valence-electron chi connectivity index (χ3n) is 9.89. The fourth-order valence-corrected chi connectivity index (χ4v) is 8.94. The van der Waals surface area contributed by atoms with E-state index in [0.29, 0.717) is 0 Å². The first-order valence-electron chi connectivity index (χ1n) is 18.2. The van der Waals surface area contributed by atoms with E-state index in [9.17, 15) is 0 Å². The molecule has 0 saturated heterocycles. The van der Waals surface area contributed by atoms with Gasteiger partial charge in [0.2, 0.25) is 11.0 Å². The van der Waals surface area contributed by atoms with E-state index in [-0.39, 0.29) is 0 Å². The van der Waals surface area contributed by atoms with Crippen molar-refractivity contribution in [1.29, 1.82) is 0 Å². The van der Waals surface area contributed by atoms with E-state index >= 15 is 0 Å². The lowest BCUT2D eigenvalue weighted by atomic mass is 10.0. The van der Waals surface area contributed by atoms with Crippen molar-refractivity contribution in [2.45, 2.75) is 13.1 Å². The molecule has 0 atom stereocenters. The lowest BCUT2D eigenvalue weighted by molar-refractivity contribution is -0.666. The summed E-state index contributed by atoms with van der Waals surface area (Å²) in [5, 5.41) is 7.30. The molecule has 0 aliphatic carbocycles. The average Bonchev–Trinajstić information content (AvgIpc) is 3.23. The van der Waals surface area contributed by atoms with Gasteiger partial charge in [0.15, 0.2) is 25.5 Å². The number of rotatable bonds is 13. The first kappa shape index (κ1) is 35.5. The van der Waals surface area contributed by atoms with Crippen LogP contribution in [-0.2, 0) is 13.1 Å². The summed E-state index contributed by atoms with van der Waals surface area (Å²) < 4.78 is 15.5. The third kappa shape index (κ3) is 8.01. The number of aryl methyl sites for hydroxylation is 2. The number of para-hydroxylation sites is 2. The maximum absolute atomic E-state index is 5.39. The van der Waals surface area contributed by atoms with Crippen LogP contribution in [0.5, 0.6) is 11.5 Å². The van der Waals surface area contributed by atoms with Gasteiger partial charge in [0.05, 0.1) is 36.5 Å². The van der Waals surface area contributed by atoms with Crippen molar-refractivity contribution in [3.63, 3.8) is 0 Å². The largest absolute Gasteiger partial charge is 0.497 e. The van der Waals surface area contributed by atoms with Crippen molar-refractivity contribution in [3.8, 4) is 11.5 Å². The number of hydrogen-bond acceptors (Lipinski definition) is 4. The molecule has 0 saturated carbocycles. The van der Waals surface area contributed by atoms with Gasteiger partial charge in [-0.05, 0) is 92.3 Å². The van der Waals surface area contributed by atoms with E-state index in [2.05, 4.69) is 167 Å². The Balaban J connectivity index is 0.876. The van der Waals surface area contributed by atoms with Crippen LogP contribution >= 0.6 is 21.6 Å². The number of fused-ring (bicyclic) bond motifs is 4. The topological polar surface area (TPSA) is 26.2 Å². The molecular weight excluding hydrogens is 701 g/mol. The molecule has 266 valence electrons. The van der Waals surface area contributed by atoms with Crippen LogP contribution in [0.3, 0.4) is 0 Å². The number of nitrogens with zero attached hydrogens (tertiary/aromatic N) is 2. The Bertz CT molecular complexity index is 2480. The number of methoxy groups -OCH3 is 2. The molecule has 2 heterocycles. The highest BCUT2D eigenvalue weighted by molar-refractivity contribution is 8.76. The Morgan fingerprint density at radius 2 is 0.889 bits per heavy atom. The van der Waals surface area contributed by atoms with Crippen molar-refractivity contribution in [3.05, 3.63) is 168 Å². The van der Waals surface area contributed by atoms with Crippen LogP contribution in [0.25, 0.3) is 67.7 Å². The first-order chi connectivity index (χ1) is 26.6. The van der Waals surface area contributed by atoms with Crippen LogP contribution < -0.4 is 18.6 Å². The van der Waals surface area contributed by atoms with Crippen molar-refractivity contribution in [1.82, 2.24) is 0 Å². The van der Waals surface area contributed by atoms with Gasteiger partial charge in [-0.3, -0.25) is 0 Å². The molecule has 6 heteroatoms. The lowest BCUT2D eigenvalue weighted by Crippen LogP contribution is -2.36. The van der Waals surface area contributed by atoms with E-state index in [1.165, 1.54) is 65.6 Å². The Hall–Kier alpha value is -5.56. The zero-order valence-corrected chi connectivity index (χ0v) is 32.2. The molecule has 0 spiro atoms. The van der Waals surface area contributed by atoms with Crippen LogP contribution in [0, 0.1) is 0 Å². The molecular formula is C48H42N2O2S2+2. The second-order valence-corrected chi connectivity index (χ2v) is 15.9. The third-order valence-corrected chi connectivity index (χ3v) is 12.3. The average molecular weight is 743 g/mol. The van der Waals surface area contributed by atoms with Crippen molar-refractivity contribution >= 4 is 89.2 Å². The molecule has 0 N–H and O–H groups in total. The lowest BCUT2D eigenvalue weighted by Gasteiger charge is -2.06. The summed E-state index contributed by atoms with van der Waals surface area (Å²) in [6.07, 6.45) is 13.3. The molecule has 54 heavy (non-hydrogen) atoms. The van der Waals surface area contributed by atoms with Crippen LogP contribution in [-0.4, -0.2) is 25.7 Å². The summed E-state index contributed by atoms with van der Waals surface area (Å²) in [5.74, 6) is 3.83. The fraction of sp³-hybridized carbons (Fsp3) is 0.125. The second-order valence-electron chi connectivity index (χ2n) is 13.2. The normalized spacial score (nSPS) is 11.8. The summed E-state index contributed by atoms with van der Waals surface area (Å²) in [7, 11) is 7.31. The van der Waals surface area contributed by atoms with Crippen LogP contribution in [0.1, 0.15) is 22.3 Å². The number of pyridine rings is 2. The fourth-order valence-electron chi connectivity index (χ4n) is 7.00. The Morgan fingerprint density at radius 1 is 0.463 bits per heavy atom. The van der Waals surface area contributed by atoms with E-state index in [1.54, 1.807) is 14.2 Å². The van der Waals surface area contributed by atoms with Gasteiger partial charge >= 0.3 is 0 Å². The van der Waals surface area contributed by atoms with Gasteiger partial charge in [0.1, 0.15) is 11.5 Å². The number of hydrogen-bond donors (Lipinski definition) is 0. The van der Waals surface area contributed by atoms with Crippen molar-refractivity contribution in [2.75, 3.05) is 25.7 Å². The maximum Gasteiger partial charge on any atom is 0.213 e. The predicted octanol–water partition coefficient (Wildman–Crippen LogP) is 11.3. The molecule has 0 bridgehead atoms. The quantitative estimate of drug-likeness (QED) is 0.0667. The summed E-state index contributed by atoms with van der Waals surface area (Å²) in [6.45, 7) is 1.91. The van der Waals surface area contributed by atoms with Gasteiger partial charge in [-0.1, -0.05) is 107 Å². The summed E-state index contributed by atoms with van der Waals surface area (Å²) >= 11 is 0. The zero-order valence-electron chi connectivity index (χ0n) is 30.5. The van der Waals surface area contributed by atoms with Gasteiger partial charge in [-0.25, -0.2) is 0 Å². The Morgan fingerprint density at radius 3 is 1.35 bits per heavy atom. The molecule has 0 radical (unpaired) electrons. The molecule has 4 nitrogen and oxygen atoms in total. The maximum atomic E-state index is 5.39. The highest BCUT2D eigenvalue weighted by atomic mass is 33.1. The van der Waals surface area contributed by atoms with Gasteiger partial charge in [-0.15, -0.1) is 0 Å². The number of aromatic nitrogens is 2. The minimum Gasteiger partial charge on any atom is -0.497 e. The van der Waals surface area contributed by atoms with Gasteiger partial charge in [0.25, 0.3) is 0 Å². The highest BCUT2D eigenvalue weighted by Crippen LogP contribution is 2.26. The Kier molecular flexibility index (Phi) is 10.9. The minimum absolute atomic E-state index is 0.880. The molecule has 0 aliphatic heterocycles. The monoisotopic (exact) mass is 742 g/mol. The van der Waals surface area contributed by atoms with Gasteiger partial charge < -0.3 is 9.47 Å². The summed E-state index contributed by atoms with van der Waals surface area (Å²) in [6, 6.07) is 47.4. The molecule has 6 aromatic carbocycles. The number of benzene rings is 6. The molecule has 0 unspecified atom stereocenters. The van der Waals surface area contributed by atoms with E-state index in [1.807, 2.05) is 33.7 Å². The van der Waals surface area contributed by atoms with Crippen LogP contribution in [0.2, 0.25) is 0 Å². The molecule has 0 aliphatic rings. The Labute approximate surface area is 324 Å². The van der Waals surface area contributed by atoms with Crippen LogP contribution in [0.15, 0.2) is 146 Å². The van der Waals surface area contributed by atoms with Crippen molar-refractivity contribution in [2.24, 2.45) is 0 Å². The highest BCUT2D eigenvalue weighted by Gasteiger charge is 2.13. The molecule has 0 amide bonds. The predicted molar refractivity (Wildman–Crippen MR) is 232 cm³/mol. The SMILES string of the molecule is COc1ccc2cc(/C=C/c3cc[n+](CCSSCC[n+]4ccc(/C=C/c5ccc6cc(OC)ccc6c5)c5ccccc54)c4ccccc34)ccc2c1. The molecule has 2 aromatic heterocycles. The van der Waals surface area contributed by atoms with E-state index in [4.69, 9.17) is 9.47 Å². The van der Waals surface area contributed by atoms with Gasteiger partial charge in [0, 0.05) is 24.3 Å². The standard InChI is InChI=1S/C48H42N2O2S2/c1-51-43-21-19-39-31-35(13-17-41(39)33-43)11-15-37-23-25-49(47-9-5-3-7-45(37)47)27-29-53-54-30-28-50-26-24-38(46-8-4-6-10-48(46)50)16-12-36-14-18-42-34-44(52-2)22-20-40(42)32-36/h3-26,31-34H,27-30H2,1-2H3/q+2/b15-11+,16-12+.